The average Bonchev–Trinajstić information content (AvgIpc) is 2.52. The molecule has 0 spiro atoms. The van der Waals surface area contributed by atoms with Crippen molar-refractivity contribution in [2.75, 3.05) is 48.9 Å². The molecule has 5 heteroatoms. The van der Waals surface area contributed by atoms with E-state index >= 15 is 0 Å². The Hall–Kier alpha value is -2.40. The minimum Gasteiger partial charge on any atom is -0.399 e. The lowest BCUT2D eigenvalue weighted by atomic mass is 9.98. The van der Waals surface area contributed by atoms with E-state index in [1.807, 2.05) is 50.5 Å². The maximum absolute atomic E-state index is 9.03. The zero-order chi connectivity index (χ0) is 15.2. The maximum atomic E-state index is 9.03. The molecule has 2 aromatic carbocycles. The van der Waals surface area contributed by atoms with E-state index in [0.29, 0.717) is 12.2 Å². The largest absolute Gasteiger partial charge is 0.399 e. The van der Waals surface area contributed by atoms with Crippen LogP contribution in [-0.2, 0) is 0 Å². The number of nitrogens with two attached hydrogens (primary N) is 1. The summed E-state index contributed by atoms with van der Waals surface area (Å²) in [6.07, 6.45) is 0. The summed E-state index contributed by atoms with van der Waals surface area (Å²) in [6, 6.07) is 11.8. The van der Waals surface area contributed by atoms with E-state index in [1.54, 1.807) is 0 Å². The van der Waals surface area contributed by atoms with Gasteiger partial charge in [-0.25, -0.2) is 0 Å². The molecule has 21 heavy (non-hydrogen) atoms. The number of hydrogen-bond acceptors (Lipinski definition) is 5. The van der Waals surface area contributed by atoms with E-state index in [9.17, 15) is 0 Å². The summed E-state index contributed by atoms with van der Waals surface area (Å²) in [5, 5.41) is 18.7. The molecule has 0 aliphatic rings. The second-order valence-electron chi connectivity index (χ2n) is 4.68. The molecule has 0 bridgehead atoms. The number of benzene rings is 2. The molecular formula is C16H22N4O. The van der Waals surface area contributed by atoms with Crippen LogP contribution >= 0.6 is 0 Å². The first-order valence-electron chi connectivity index (χ1n) is 6.94. The van der Waals surface area contributed by atoms with Crippen molar-refractivity contribution in [2.45, 2.75) is 0 Å². The molecule has 0 unspecified atom stereocenters. The average molecular weight is 286 g/mol. The van der Waals surface area contributed by atoms with E-state index in [1.165, 1.54) is 0 Å². The van der Waals surface area contributed by atoms with Crippen LogP contribution in [0.1, 0.15) is 0 Å². The van der Waals surface area contributed by atoms with Crippen molar-refractivity contribution in [3.63, 3.8) is 0 Å². The standard InChI is InChI=1S/C16H22N4O/c1-18-14-4-3-5-15(19-2)16(14)12-10-11(17)6-7-13(12)20-8-9-21/h3-7,10,18-21H,8-9,17H2,1-2H3. The summed E-state index contributed by atoms with van der Waals surface area (Å²) in [7, 11) is 3.79. The Balaban J connectivity index is 2.62. The van der Waals surface area contributed by atoms with Crippen LogP contribution in [-0.4, -0.2) is 32.4 Å². The van der Waals surface area contributed by atoms with Crippen LogP contribution in [0, 0.1) is 0 Å². The Morgan fingerprint density at radius 1 is 1.00 bits per heavy atom. The molecule has 0 fully saturated rings. The fraction of sp³-hybridized carbons (Fsp3) is 0.250. The quantitative estimate of drug-likeness (QED) is 0.527. The molecule has 6 N–H and O–H groups in total. The number of hydrogen-bond donors (Lipinski definition) is 5. The van der Waals surface area contributed by atoms with Gasteiger partial charge in [-0.3, -0.25) is 0 Å². The fourth-order valence-electron chi connectivity index (χ4n) is 2.37. The van der Waals surface area contributed by atoms with Crippen LogP contribution in [0.2, 0.25) is 0 Å². The van der Waals surface area contributed by atoms with Crippen LogP contribution in [0.5, 0.6) is 0 Å². The highest BCUT2D eigenvalue weighted by Crippen LogP contribution is 2.40. The zero-order valence-corrected chi connectivity index (χ0v) is 12.4. The molecule has 0 saturated carbocycles. The zero-order valence-electron chi connectivity index (χ0n) is 12.4. The second kappa shape index (κ2) is 6.85. The Labute approximate surface area is 125 Å². The molecule has 2 aromatic rings. The Bertz CT molecular complexity index is 591. The lowest BCUT2D eigenvalue weighted by molar-refractivity contribution is 0.311. The molecule has 0 saturated heterocycles. The van der Waals surface area contributed by atoms with Crippen LogP contribution in [0.15, 0.2) is 36.4 Å². The Morgan fingerprint density at radius 2 is 1.67 bits per heavy atom. The third kappa shape index (κ3) is 3.20. The van der Waals surface area contributed by atoms with Gasteiger partial charge in [0.2, 0.25) is 0 Å². The van der Waals surface area contributed by atoms with Crippen LogP contribution < -0.4 is 21.7 Å². The summed E-state index contributed by atoms with van der Waals surface area (Å²) in [6.45, 7) is 0.573. The number of aliphatic hydroxyl groups is 1. The predicted molar refractivity (Wildman–Crippen MR) is 91.0 cm³/mol. The molecule has 0 aromatic heterocycles. The van der Waals surface area contributed by atoms with E-state index in [2.05, 4.69) is 16.0 Å². The van der Waals surface area contributed by atoms with E-state index in [-0.39, 0.29) is 6.61 Å². The smallest absolute Gasteiger partial charge is 0.0604 e. The number of rotatable bonds is 6. The van der Waals surface area contributed by atoms with E-state index in [0.717, 1.165) is 28.2 Å². The molecule has 0 heterocycles. The lowest BCUT2D eigenvalue weighted by Crippen LogP contribution is -2.08. The SMILES string of the molecule is CNc1cccc(NC)c1-c1cc(N)ccc1NCCO. The maximum Gasteiger partial charge on any atom is 0.0604 e. The van der Waals surface area contributed by atoms with Crippen molar-refractivity contribution in [2.24, 2.45) is 0 Å². The summed E-state index contributed by atoms with van der Waals surface area (Å²) in [4.78, 5) is 0. The van der Waals surface area contributed by atoms with Gasteiger partial charge in [-0.2, -0.15) is 0 Å². The minimum absolute atomic E-state index is 0.0797. The molecule has 0 atom stereocenters. The predicted octanol–water partition coefficient (Wildman–Crippen LogP) is 2.42. The molecular weight excluding hydrogens is 264 g/mol. The van der Waals surface area contributed by atoms with Gasteiger partial charge < -0.3 is 26.8 Å². The van der Waals surface area contributed by atoms with Crippen LogP contribution in [0.4, 0.5) is 22.7 Å². The first-order valence-corrected chi connectivity index (χ1v) is 6.94. The highest BCUT2D eigenvalue weighted by atomic mass is 16.3. The fourth-order valence-corrected chi connectivity index (χ4v) is 2.37. The number of nitrogen functional groups attached to an aromatic ring is 1. The van der Waals surface area contributed by atoms with Crippen molar-refractivity contribution in [1.82, 2.24) is 0 Å². The van der Waals surface area contributed by atoms with Gasteiger partial charge in [0.15, 0.2) is 0 Å². The Morgan fingerprint density at radius 3 is 2.24 bits per heavy atom. The third-order valence-electron chi connectivity index (χ3n) is 3.34. The second-order valence-corrected chi connectivity index (χ2v) is 4.68. The van der Waals surface area contributed by atoms with Crippen molar-refractivity contribution >= 4 is 22.7 Å². The van der Waals surface area contributed by atoms with Gasteiger partial charge in [0.25, 0.3) is 0 Å². The first-order chi connectivity index (χ1) is 10.2. The highest BCUT2D eigenvalue weighted by Gasteiger charge is 2.13. The minimum atomic E-state index is 0.0797. The molecule has 5 nitrogen and oxygen atoms in total. The molecule has 0 aliphatic heterocycles. The van der Waals surface area contributed by atoms with Crippen molar-refractivity contribution in [3.8, 4) is 11.1 Å². The summed E-state index contributed by atoms with van der Waals surface area (Å²) in [5.74, 6) is 0. The van der Waals surface area contributed by atoms with Crippen LogP contribution in [0.3, 0.4) is 0 Å². The molecule has 2 rings (SSSR count). The molecule has 0 aliphatic carbocycles. The number of anilines is 4. The third-order valence-corrected chi connectivity index (χ3v) is 3.34. The summed E-state index contributed by atoms with van der Waals surface area (Å²) in [5.41, 5.74) is 11.7. The van der Waals surface area contributed by atoms with Gasteiger partial charge in [-0.15, -0.1) is 0 Å². The molecule has 0 amide bonds. The van der Waals surface area contributed by atoms with Gasteiger partial charge >= 0.3 is 0 Å². The first kappa shape index (κ1) is 15.0. The highest BCUT2D eigenvalue weighted by molar-refractivity contribution is 5.95. The van der Waals surface area contributed by atoms with Crippen molar-refractivity contribution in [3.05, 3.63) is 36.4 Å². The van der Waals surface area contributed by atoms with E-state index in [4.69, 9.17) is 10.8 Å². The van der Waals surface area contributed by atoms with Crippen molar-refractivity contribution in [1.29, 1.82) is 0 Å². The monoisotopic (exact) mass is 286 g/mol. The number of aliphatic hydroxyl groups excluding tert-OH is 1. The normalized spacial score (nSPS) is 10.2. The molecule has 0 radical (unpaired) electrons. The topological polar surface area (TPSA) is 82.3 Å². The van der Waals surface area contributed by atoms with E-state index < -0.39 is 0 Å². The number of nitrogens with one attached hydrogen (secondary N) is 3. The van der Waals surface area contributed by atoms with Gasteiger partial charge in [-0.05, 0) is 30.3 Å². The summed E-state index contributed by atoms with van der Waals surface area (Å²) < 4.78 is 0. The van der Waals surface area contributed by atoms with Crippen LogP contribution in [0.25, 0.3) is 11.1 Å². The Kier molecular flexibility index (Phi) is 4.90. The van der Waals surface area contributed by atoms with Gasteiger partial charge in [0.05, 0.1) is 6.61 Å². The lowest BCUT2D eigenvalue weighted by Gasteiger charge is -2.19. The van der Waals surface area contributed by atoms with Crippen molar-refractivity contribution < 1.29 is 5.11 Å². The molecule has 112 valence electrons. The summed E-state index contributed by atoms with van der Waals surface area (Å²) >= 11 is 0. The van der Waals surface area contributed by atoms with Gasteiger partial charge in [0.1, 0.15) is 0 Å². The van der Waals surface area contributed by atoms with Gasteiger partial charge in [-0.1, -0.05) is 6.07 Å². The van der Waals surface area contributed by atoms with Gasteiger partial charge in [0, 0.05) is 54.5 Å².